The van der Waals surface area contributed by atoms with Crippen LogP contribution < -0.4 is 10.1 Å². The summed E-state index contributed by atoms with van der Waals surface area (Å²) in [4.78, 5) is 11.2. The average Bonchev–Trinajstić information content (AvgIpc) is 2.35. The number of amides is 1. The maximum atomic E-state index is 11.8. The van der Waals surface area contributed by atoms with Crippen LogP contribution in [-0.4, -0.2) is 25.2 Å². The van der Waals surface area contributed by atoms with Gasteiger partial charge in [-0.05, 0) is 12.1 Å². The molecule has 0 unspecified atom stereocenters. The summed E-state index contributed by atoms with van der Waals surface area (Å²) < 4.78 is 40.6. The van der Waals surface area contributed by atoms with E-state index in [9.17, 15) is 18.0 Å². The molecule has 0 aliphatic rings. The van der Waals surface area contributed by atoms with Gasteiger partial charge in [0.15, 0.2) is 6.61 Å². The lowest BCUT2D eigenvalue weighted by Gasteiger charge is -2.09. The molecule has 7 heteroatoms. The summed E-state index contributed by atoms with van der Waals surface area (Å²) in [5.74, 6) is -0.451. The Bertz CT molecular complexity index is 481. The van der Waals surface area contributed by atoms with Crippen molar-refractivity contribution in [3.8, 4) is 11.8 Å². The number of ether oxygens (including phenoxy) is 1. The fourth-order valence-corrected chi connectivity index (χ4v) is 1.22. The van der Waals surface area contributed by atoms with Crippen LogP contribution in [0.1, 0.15) is 12.0 Å². The highest BCUT2D eigenvalue weighted by atomic mass is 19.4. The van der Waals surface area contributed by atoms with Crippen molar-refractivity contribution in [2.75, 3.05) is 13.2 Å². The first-order valence-electron chi connectivity index (χ1n) is 5.38. The van der Waals surface area contributed by atoms with Gasteiger partial charge < -0.3 is 10.1 Å². The smallest absolute Gasteiger partial charge is 0.390 e. The lowest BCUT2D eigenvalue weighted by atomic mass is 10.2. The second-order valence-electron chi connectivity index (χ2n) is 3.61. The van der Waals surface area contributed by atoms with Gasteiger partial charge >= 0.3 is 6.18 Å². The van der Waals surface area contributed by atoms with Gasteiger partial charge in [-0.25, -0.2) is 0 Å². The lowest BCUT2D eigenvalue weighted by Crippen LogP contribution is -2.32. The first-order valence-corrected chi connectivity index (χ1v) is 5.38. The van der Waals surface area contributed by atoms with E-state index in [1.165, 1.54) is 12.1 Å². The Morgan fingerprint density at radius 1 is 1.37 bits per heavy atom. The third-order valence-corrected chi connectivity index (χ3v) is 2.10. The van der Waals surface area contributed by atoms with Gasteiger partial charge in [0, 0.05) is 6.54 Å². The molecule has 0 spiro atoms. The van der Waals surface area contributed by atoms with Crippen molar-refractivity contribution in [2.45, 2.75) is 12.6 Å². The maximum absolute atomic E-state index is 11.8. The van der Waals surface area contributed by atoms with Crippen LogP contribution in [0.25, 0.3) is 0 Å². The largest absolute Gasteiger partial charge is 0.482 e. The first-order chi connectivity index (χ1) is 8.92. The summed E-state index contributed by atoms with van der Waals surface area (Å²) in [7, 11) is 0. The molecule has 1 rings (SSSR count). The summed E-state index contributed by atoms with van der Waals surface area (Å²) in [5.41, 5.74) is 0.255. The molecule has 1 aromatic carbocycles. The van der Waals surface area contributed by atoms with Gasteiger partial charge in [0.25, 0.3) is 5.91 Å². The van der Waals surface area contributed by atoms with Crippen molar-refractivity contribution < 1.29 is 22.7 Å². The molecule has 1 amide bonds. The van der Waals surface area contributed by atoms with Gasteiger partial charge in [0.2, 0.25) is 0 Å². The normalized spacial score (nSPS) is 10.6. The molecule has 0 atom stereocenters. The molecule has 0 fully saturated rings. The zero-order valence-corrected chi connectivity index (χ0v) is 9.83. The number of nitrogens with zero attached hydrogens (tertiary/aromatic N) is 1. The number of carbonyl (C=O) groups excluding carboxylic acids is 1. The van der Waals surface area contributed by atoms with Crippen molar-refractivity contribution in [3.05, 3.63) is 29.8 Å². The molecule has 0 aliphatic carbocycles. The number of hydrogen-bond donors (Lipinski definition) is 1. The predicted octanol–water partition coefficient (Wildman–Crippen LogP) is 2.01. The van der Waals surface area contributed by atoms with E-state index in [1.54, 1.807) is 12.1 Å². The monoisotopic (exact) mass is 272 g/mol. The summed E-state index contributed by atoms with van der Waals surface area (Å²) in [6.07, 6.45) is -5.39. The van der Waals surface area contributed by atoms with Crippen LogP contribution in [-0.2, 0) is 4.79 Å². The van der Waals surface area contributed by atoms with Gasteiger partial charge in [-0.15, -0.1) is 0 Å². The molecule has 0 saturated heterocycles. The van der Waals surface area contributed by atoms with E-state index in [-0.39, 0.29) is 11.3 Å². The molecule has 102 valence electrons. The number of nitriles is 1. The minimum atomic E-state index is -4.30. The Morgan fingerprint density at radius 3 is 2.68 bits per heavy atom. The van der Waals surface area contributed by atoms with E-state index in [1.807, 2.05) is 6.07 Å². The number of alkyl halides is 3. The van der Waals surface area contributed by atoms with Crippen molar-refractivity contribution in [1.29, 1.82) is 5.26 Å². The fourth-order valence-electron chi connectivity index (χ4n) is 1.22. The average molecular weight is 272 g/mol. The molecule has 19 heavy (non-hydrogen) atoms. The van der Waals surface area contributed by atoms with Crippen LogP contribution in [0.5, 0.6) is 5.75 Å². The SMILES string of the molecule is N#Cc1ccccc1OCC(=O)NCCC(F)(F)F. The van der Waals surface area contributed by atoms with Crippen LogP contribution in [0.4, 0.5) is 13.2 Å². The fraction of sp³-hybridized carbons (Fsp3) is 0.333. The number of rotatable bonds is 5. The predicted molar refractivity (Wildman–Crippen MR) is 60.3 cm³/mol. The van der Waals surface area contributed by atoms with Gasteiger partial charge in [-0.2, -0.15) is 18.4 Å². The van der Waals surface area contributed by atoms with E-state index >= 15 is 0 Å². The second kappa shape index (κ2) is 6.64. The Balaban J connectivity index is 2.37. The Kier molecular flexibility index (Phi) is 5.18. The van der Waals surface area contributed by atoms with Crippen LogP contribution in [0, 0.1) is 11.3 Å². The zero-order chi connectivity index (χ0) is 14.3. The van der Waals surface area contributed by atoms with Gasteiger partial charge in [0.1, 0.15) is 11.8 Å². The number of hydrogen-bond acceptors (Lipinski definition) is 3. The minimum Gasteiger partial charge on any atom is -0.482 e. The maximum Gasteiger partial charge on any atom is 0.390 e. The van der Waals surface area contributed by atoms with Crippen LogP contribution in [0.15, 0.2) is 24.3 Å². The molecule has 0 aromatic heterocycles. The Hall–Kier alpha value is -2.23. The van der Waals surface area contributed by atoms with Crippen molar-refractivity contribution in [2.24, 2.45) is 0 Å². The summed E-state index contributed by atoms with van der Waals surface area (Å²) in [6, 6.07) is 8.15. The van der Waals surface area contributed by atoms with Gasteiger partial charge in [0.05, 0.1) is 12.0 Å². The van der Waals surface area contributed by atoms with Crippen LogP contribution in [0.3, 0.4) is 0 Å². The zero-order valence-electron chi connectivity index (χ0n) is 9.83. The van der Waals surface area contributed by atoms with E-state index in [0.717, 1.165) is 0 Å². The minimum absolute atomic E-state index is 0.218. The van der Waals surface area contributed by atoms with E-state index in [4.69, 9.17) is 10.00 Å². The van der Waals surface area contributed by atoms with E-state index in [2.05, 4.69) is 5.32 Å². The number of benzene rings is 1. The van der Waals surface area contributed by atoms with Crippen molar-refractivity contribution in [3.63, 3.8) is 0 Å². The number of halogens is 3. The number of nitrogens with one attached hydrogen (secondary N) is 1. The Labute approximate surface area is 107 Å². The molecule has 0 aliphatic heterocycles. The highest BCUT2D eigenvalue weighted by Crippen LogP contribution is 2.18. The van der Waals surface area contributed by atoms with Crippen molar-refractivity contribution in [1.82, 2.24) is 5.32 Å². The summed E-state index contributed by atoms with van der Waals surface area (Å²) in [5, 5.41) is 10.8. The summed E-state index contributed by atoms with van der Waals surface area (Å²) in [6.45, 7) is -0.928. The van der Waals surface area contributed by atoms with Gasteiger partial charge in [-0.1, -0.05) is 12.1 Å². The van der Waals surface area contributed by atoms with Crippen molar-refractivity contribution >= 4 is 5.91 Å². The quantitative estimate of drug-likeness (QED) is 0.891. The molecule has 4 nitrogen and oxygen atoms in total. The van der Waals surface area contributed by atoms with E-state index < -0.39 is 31.7 Å². The second-order valence-corrected chi connectivity index (χ2v) is 3.61. The highest BCUT2D eigenvalue weighted by Gasteiger charge is 2.26. The van der Waals surface area contributed by atoms with Gasteiger partial charge in [-0.3, -0.25) is 4.79 Å². The molecular weight excluding hydrogens is 261 g/mol. The first kappa shape index (κ1) is 14.8. The number of para-hydroxylation sites is 1. The topological polar surface area (TPSA) is 62.1 Å². The number of carbonyl (C=O) groups is 1. The third-order valence-electron chi connectivity index (χ3n) is 2.10. The third kappa shape index (κ3) is 5.77. The molecule has 0 heterocycles. The summed E-state index contributed by atoms with van der Waals surface area (Å²) >= 11 is 0. The lowest BCUT2D eigenvalue weighted by molar-refractivity contribution is -0.136. The molecule has 0 bridgehead atoms. The van der Waals surface area contributed by atoms with Crippen LogP contribution in [0.2, 0.25) is 0 Å². The Morgan fingerprint density at radius 2 is 2.05 bits per heavy atom. The molecule has 0 saturated carbocycles. The molecule has 1 N–H and O–H groups in total. The molecular formula is C12H11F3N2O2. The molecule has 1 aromatic rings. The molecule has 0 radical (unpaired) electrons. The van der Waals surface area contributed by atoms with Crippen LogP contribution >= 0.6 is 0 Å². The highest BCUT2D eigenvalue weighted by molar-refractivity contribution is 5.77. The van der Waals surface area contributed by atoms with E-state index in [0.29, 0.717) is 0 Å². The standard InChI is InChI=1S/C12H11F3N2O2/c13-12(14,15)5-6-17-11(18)8-19-10-4-2-1-3-9(10)7-16/h1-4H,5-6,8H2,(H,17,18).